The van der Waals surface area contributed by atoms with E-state index in [9.17, 15) is 0 Å². The Morgan fingerprint density at radius 2 is 2.06 bits per heavy atom. The second-order valence-corrected chi connectivity index (χ2v) is 4.44. The minimum absolute atomic E-state index is 0.656. The first-order valence-corrected chi connectivity index (χ1v) is 6.02. The quantitative estimate of drug-likeness (QED) is 0.813. The van der Waals surface area contributed by atoms with Gasteiger partial charge < -0.3 is 4.74 Å². The standard InChI is InChI=1S/C11H11N3OS/c1-2-8(1)7-15-11-10(13-16-14-11)9-3-5-12-6-4-9/h3-6,8H,1-2,7H2. The maximum Gasteiger partial charge on any atom is 0.253 e. The van der Waals surface area contributed by atoms with Crippen molar-refractivity contribution in [3.8, 4) is 17.1 Å². The van der Waals surface area contributed by atoms with Gasteiger partial charge in [0, 0.05) is 18.0 Å². The van der Waals surface area contributed by atoms with Crippen LogP contribution < -0.4 is 4.74 Å². The molecule has 2 aromatic rings. The largest absolute Gasteiger partial charge is 0.475 e. The molecule has 2 heterocycles. The van der Waals surface area contributed by atoms with Crippen molar-refractivity contribution in [2.45, 2.75) is 12.8 Å². The van der Waals surface area contributed by atoms with Gasteiger partial charge in [0.25, 0.3) is 5.88 Å². The van der Waals surface area contributed by atoms with Gasteiger partial charge >= 0.3 is 0 Å². The summed E-state index contributed by atoms with van der Waals surface area (Å²) in [5, 5.41) is 0. The molecule has 82 valence electrons. The zero-order valence-electron chi connectivity index (χ0n) is 8.67. The zero-order valence-corrected chi connectivity index (χ0v) is 9.48. The average molecular weight is 233 g/mol. The topological polar surface area (TPSA) is 47.9 Å². The van der Waals surface area contributed by atoms with Crippen LogP contribution >= 0.6 is 11.7 Å². The molecule has 0 aromatic carbocycles. The van der Waals surface area contributed by atoms with E-state index >= 15 is 0 Å². The highest BCUT2D eigenvalue weighted by Crippen LogP contribution is 2.32. The van der Waals surface area contributed by atoms with Crippen LogP contribution in [0.2, 0.25) is 0 Å². The Morgan fingerprint density at radius 1 is 1.25 bits per heavy atom. The van der Waals surface area contributed by atoms with Crippen molar-refractivity contribution in [1.82, 2.24) is 13.7 Å². The van der Waals surface area contributed by atoms with Crippen LogP contribution in [0.3, 0.4) is 0 Å². The van der Waals surface area contributed by atoms with Gasteiger partial charge in [-0.1, -0.05) is 0 Å². The van der Waals surface area contributed by atoms with Crippen LogP contribution in [-0.2, 0) is 0 Å². The van der Waals surface area contributed by atoms with E-state index in [4.69, 9.17) is 4.74 Å². The second kappa shape index (κ2) is 4.17. The van der Waals surface area contributed by atoms with Crippen LogP contribution in [0.15, 0.2) is 24.5 Å². The van der Waals surface area contributed by atoms with Crippen molar-refractivity contribution in [3.05, 3.63) is 24.5 Å². The van der Waals surface area contributed by atoms with E-state index in [0.717, 1.165) is 23.8 Å². The normalized spacial score (nSPS) is 15.0. The highest BCUT2D eigenvalue weighted by Gasteiger charge is 2.23. The molecule has 1 aliphatic carbocycles. The Kier molecular flexibility index (Phi) is 2.53. The molecule has 1 aliphatic rings. The number of aromatic nitrogens is 3. The molecule has 16 heavy (non-hydrogen) atoms. The monoisotopic (exact) mass is 233 g/mol. The maximum atomic E-state index is 5.67. The molecule has 3 rings (SSSR count). The van der Waals surface area contributed by atoms with Gasteiger partial charge in [-0.25, -0.2) is 0 Å². The molecule has 4 nitrogen and oxygen atoms in total. The molecule has 0 aliphatic heterocycles. The first-order valence-electron chi connectivity index (χ1n) is 5.29. The molecule has 0 amide bonds. The number of hydrogen-bond donors (Lipinski definition) is 0. The summed E-state index contributed by atoms with van der Waals surface area (Å²) in [7, 11) is 0. The third-order valence-electron chi connectivity index (χ3n) is 2.56. The number of ether oxygens (including phenoxy) is 1. The molecule has 0 unspecified atom stereocenters. The van der Waals surface area contributed by atoms with E-state index in [1.165, 1.54) is 24.6 Å². The lowest BCUT2D eigenvalue weighted by atomic mass is 10.2. The Morgan fingerprint density at radius 3 is 2.81 bits per heavy atom. The molecule has 0 atom stereocenters. The summed E-state index contributed by atoms with van der Waals surface area (Å²) >= 11 is 1.19. The summed E-state index contributed by atoms with van der Waals surface area (Å²) in [4.78, 5) is 3.98. The van der Waals surface area contributed by atoms with Gasteiger partial charge in [-0.2, -0.15) is 4.37 Å². The molecular formula is C11H11N3OS. The van der Waals surface area contributed by atoms with Gasteiger partial charge in [0.1, 0.15) is 5.69 Å². The first kappa shape index (κ1) is 9.72. The minimum Gasteiger partial charge on any atom is -0.475 e. The summed E-state index contributed by atoms with van der Waals surface area (Å²) in [5.41, 5.74) is 1.84. The van der Waals surface area contributed by atoms with Crippen molar-refractivity contribution in [1.29, 1.82) is 0 Å². The molecule has 2 aromatic heterocycles. The van der Waals surface area contributed by atoms with Crippen molar-refractivity contribution in [2.75, 3.05) is 6.61 Å². The van der Waals surface area contributed by atoms with Crippen LogP contribution in [0, 0.1) is 5.92 Å². The van der Waals surface area contributed by atoms with Crippen LogP contribution in [0.5, 0.6) is 5.88 Å². The summed E-state index contributed by atoms with van der Waals surface area (Å²) < 4.78 is 14.1. The van der Waals surface area contributed by atoms with Crippen molar-refractivity contribution in [2.24, 2.45) is 5.92 Å². The van der Waals surface area contributed by atoms with E-state index in [1.54, 1.807) is 12.4 Å². The Bertz CT molecular complexity index is 467. The lowest BCUT2D eigenvalue weighted by Gasteiger charge is -2.03. The summed E-state index contributed by atoms with van der Waals surface area (Å²) in [6, 6.07) is 3.83. The van der Waals surface area contributed by atoms with Gasteiger partial charge in [-0.3, -0.25) is 4.98 Å². The minimum atomic E-state index is 0.656. The van der Waals surface area contributed by atoms with E-state index in [0.29, 0.717) is 5.88 Å². The predicted molar refractivity (Wildman–Crippen MR) is 61.4 cm³/mol. The van der Waals surface area contributed by atoms with Crippen molar-refractivity contribution in [3.63, 3.8) is 0 Å². The summed E-state index contributed by atoms with van der Waals surface area (Å²) in [6.07, 6.45) is 6.06. The van der Waals surface area contributed by atoms with Crippen LogP contribution in [0.1, 0.15) is 12.8 Å². The third-order valence-corrected chi connectivity index (χ3v) is 3.08. The van der Waals surface area contributed by atoms with E-state index in [1.807, 2.05) is 12.1 Å². The number of rotatable bonds is 4. The molecule has 5 heteroatoms. The highest BCUT2D eigenvalue weighted by atomic mass is 32.1. The molecule has 1 fully saturated rings. The van der Waals surface area contributed by atoms with E-state index < -0.39 is 0 Å². The fourth-order valence-corrected chi connectivity index (χ4v) is 1.96. The smallest absolute Gasteiger partial charge is 0.253 e. The van der Waals surface area contributed by atoms with Gasteiger partial charge in [0.05, 0.1) is 18.3 Å². The molecule has 0 radical (unpaired) electrons. The molecule has 0 N–H and O–H groups in total. The average Bonchev–Trinajstić information content (AvgIpc) is 3.05. The molecular weight excluding hydrogens is 222 g/mol. The fraction of sp³-hybridized carbons (Fsp3) is 0.364. The van der Waals surface area contributed by atoms with Gasteiger partial charge in [-0.05, 0) is 30.9 Å². The SMILES string of the molecule is c1cc(-c2nsnc2OCC2CC2)ccn1. The number of pyridine rings is 1. The lowest BCUT2D eigenvalue weighted by Crippen LogP contribution is -2.00. The van der Waals surface area contributed by atoms with Gasteiger partial charge in [0.15, 0.2) is 0 Å². The van der Waals surface area contributed by atoms with Crippen molar-refractivity contribution < 1.29 is 4.74 Å². The van der Waals surface area contributed by atoms with Crippen LogP contribution in [-0.4, -0.2) is 20.3 Å². The Labute approximate surface area is 97.6 Å². The van der Waals surface area contributed by atoms with Crippen LogP contribution in [0.25, 0.3) is 11.3 Å². The van der Waals surface area contributed by atoms with Gasteiger partial charge in [0.2, 0.25) is 0 Å². The maximum absolute atomic E-state index is 5.67. The van der Waals surface area contributed by atoms with E-state index in [-0.39, 0.29) is 0 Å². The predicted octanol–water partition coefficient (Wildman–Crippen LogP) is 2.39. The first-order chi connectivity index (χ1) is 7.93. The second-order valence-electron chi connectivity index (χ2n) is 3.91. The van der Waals surface area contributed by atoms with Crippen LogP contribution in [0.4, 0.5) is 0 Å². The number of nitrogens with zero attached hydrogens (tertiary/aromatic N) is 3. The summed E-state index contributed by atoms with van der Waals surface area (Å²) in [5.74, 6) is 1.38. The third kappa shape index (κ3) is 2.04. The zero-order chi connectivity index (χ0) is 10.8. The molecule has 1 saturated carbocycles. The van der Waals surface area contributed by atoms with E-state index in [2.05, 4.69) is 13.7 Å². The fourth-order valence-electron chi connectivity index (χ4n) is 1.44. The molecule has 0 saturated heterocycles. The highest BCUT2D eigenvalue weighted by molar-refractivity contribution is 6.99. The summed E-state index contributed by atoms with van der Waals surface area (Å²) in [6.45, 7) is 0.767. The van der Waals surface area contributed by atoms with Gasteiger partial charge in [-0.15, -0.1) is 4.37 Å². The Hall–Kier alpha value is -1.49. The molecule has 0 bridgehead atoms. The Balaban J connectivity index is 1.81. The van der Waals surface area contributed by atoms with Crippen molar-refractivity contribution >= 4 is 11.7 Å². The molecule has 0 spiro atoms. The number of hydrogen-bond acceptors (Lipinski definition) is 5. The lowest BCUT2D eigenvalue weighted by molar-refractivity contribution is 0.292.